The van der Waals surface area contributed by atoms with Gasteiger partial charge in [-0.2, -0.15) is 0 Å². The molecule has 2 radical (unpaired) electrons. The lowest BCUT2D eigenvalue weighted by atomic mass is 9.73. The van der Waals surface area contributed by atoms with Crippen molar-refractivity contribution in [2.45, 2.75) is 45.1 Å². The summed E-state index contributed by atoms with van der Waals surface area (Å²) in [6, 6.07) is 6.75. The minimum Gasteiger partial charge on any atom is -0.465 e. The number of hydrogen-bond donors (Lipinski definition) is 3. The summed E-state index contributed by atoms with van der Waals surface area (Å²) in [7, 11) is 6.46. The molecule has 1 atom stereocenters. The molecule has 2 heterocycles. The third-order valence-corrected chi connectivity index (χ3v) is 6.00. The topological polar surface area (TPSA) is 100 Å². The molecule has 1 aliphatic rings. The first-order valence-corrected chi connectivity index (χ1v) is 10.3. The molecule has 0 saturated carbocycles. The summed E-state index contributed by atoms with van der Waals surface area (Å²) in [5.74, 6) is 0.805. The molecule has 3 aromatic rings. The Hall–Kier alpha value is -3.00. The molecule has 1 aromatic heterocycles. The Kier molecular flexibility index (Phi) is 4.81. The minimum absolute atomic E-state index is 0.0404. The zero-order valence-corrected chi connectivity index (χ0v) is 18.4. The van der Waals surface area contributed by atoms with E-state index in [1.165, 1.54) is 0 Å². The second kappa shape index (κ2) is 7.02. The van der Waals surface area contributed by atoms with Crippen LogP contribution in [0.25, 0.3) is 0 Å². The van der Waals surface area contributed by atoms with Gasteiger partial charge in [-0.3, -0.25) is 14.4 Å². The number of anilines is 3. The van der Waals surface area contributed by atoms with Crippen molar-refractivity contribution < 1.29 is 9.21 Å². The summed E-state index contributed by atoms with van der Waals surface area (Å²) in [6.45, 7) is 7.30. The molecule has 0 saturated heterocycles. The van der Waals surface area contributed by atoms with E-state index in [2.05, 4.69) is 16.0 Å². The highest BCUT2D eigenvalue weighted by molar-refractivity contribution is 6.32. The lowest BCUT2D eigenvalue weighted by Gasteiger charge is -2.31. The van der Waals surface area contributed by atoms with Crippen molar-refractivity contribution in [2.24, 2.45) is 0 Å². The molecule has 1 aliphatic heterocycles. The molecule has 158 valence electrons. The number of halogens is 1. The van der Waals surface area contributed by atoms with E-state index < -0.39 is 21.8 Å². The van der Waals surface area contributed by atoms with Crippen molar-refractivity contribution in [3.63, 3.8) is 0 Å². The highest BCUT2D eigenvalue weighted by atomic mass is 35.5. The first-order valence-electron chi connectivity index (χ1n) is 9.88. The fourth-order valence-electron chi connectivity index (χ4n) is 3.92. The fourth-order valence-corrected chi connectivity index (χ4v) is 4.32. The molecule has 0 bridgehead atoms. The first-order chi connectivity index (χ1) is 14.5. The Labute approximate surface area is 185 Å². The van der Waals surface area contributed by atoms with Gasteiger partial charge in [-0.05, 0) is 51.5 Å². The molecule has 1 amide bonds. The maximum atomic E-state index is 12.6. The molecule has 0 fully saturated rings. The van der Waals surface area contributed by atoms with Gasteiger partial charge in [0.05, 0.1) is 22.2 Å². The molecule has 4 rings (SSSR count). The number of carbonyl (C=O) groups excluding carboxylic acids is 1. The molecule has 31 heavy (non-hydrogen) atoms. The zero-order valence-electron chi connectivity index (χ0n) is 17.6. The standard InChI is InChI=1S/C22H21BClN3O4/c1-5-22(23,13-9-6-10(2)31-13)26-17-16(18(28)19(17)29)25-12-8-7-11(24)15-14(12)20(30)27-21(15,3)4/h6-9,25-26H,5H2,1-4H3,(H,27,30)/t22-/m1/s1. The van der Waals surface area contributed by atoms with Gasteiger partial charge in [-0.1, -0.05) is 18.5 Å². The minimum atomic E-state index is -1.19. The maximum Gasteiger partial charge on any atom is 0.254 e. The van der Waals surface area contributed by atoms with Gasteiger partial charge < -0.3 is 20.4 Å². The van der Waals surface area contributed by atoms with Crippen molar-refractivity contribution >= 4 is 42.4 Å². The average Bonchev–Trinajstić information content (AvgIpc) is 3.26. The van der Waals surface area contributed by atoms with Crippen molar-refractivity contribution in [3.8, 4) is 0 Å². The van der Waals surface area contributed by atoms with Gasteiger partial charge in [-0.15, -0.1) is 0 Å². The SMILES string of the molecule is [B][C@](CC)(Nc1c(Nc2ccc(Cl)c3c2C(=O)NC3(C)C)c(=O)c1=O)c1ccc(C)o1. The van der Waals surface area contributed by atoms with Crippen molar-refractivity contribution in [3.05, 3.63) is 72.4 Å². The summed E-state index contributed by atoms with van der Waals surface area (Å²) in [5.41, 5.74) is -1.80. The van der Waals surface area contributed by atoms with Crippen LogP contribution in [0.15, 0.2) is 38.3 Å². The predicted octanol–water partition coefficient (Wildman–Crippen LogP) is 3.40. The highest BCUT2D eigenvalue weighted by Crippen LogP contribution is 2.41. The Balaban J connectivity index is 1.73. The van der Waals surface area contributed by atoms with E-state index in [9.17, 15) is 14.4 Å². The van der Waals surface area contributed by atoms with Gasteiger partial charge in [0, 0.05) is 10.6 Å². The fraction of sp³-hybridized carbons (Fsp3) is 0.318. The molecule has 0 unspecified atom stereocenters. The molecular formula is C22H21BClN3O4. The average molecular weight is 438 g/mol. The Morgan fingerprint density at radius 2 is 1.81 bits per heavy atom. The van der Waals surface area contributed by atoms with Crippen molar-refractivity contribution in [1.29, 1.82) is 0 Å². The number of furan rings is 1. The number of carbonyl (C=O) groups is 1. The summed E-state index contributed by atoms with van der Waals surface area (Å²) >= 11 is 6.34. The highest BCUT2D eigenvalue weighted by Gasteiger charge is 2.40. The Morgan fingerprint density at radius 1 is 1.13 bits per heavy atom. The van der Waals surface area contributed by atoms with Crippen LogP contribution in [-0.4, -0.2) is 13.8 Å². The second-order valence-corrected chi connectivity index (χ2v) is 8.72. The number of aryl methyl sites for hydroxylation is 1. The van der Waals surface area contributed by atoms with Gasteiger partial charge in [0.15, 0.2) is 0 Å². The molecular weight excluding hydrogens is 417 g/mol. The van der Waals surface area contributed by atoms with Gasteiger partial charge in [0.1, 0.15) is 30.7 Å². The maximum absolute atomic E-state index is 12.6. The number of fused-ring (bicyclic) bond motifs is 1. The van der Waals surface area contributed by atoms with Gasteiger partial charge in [0.2, 0.25) is 0 Å². The third-order valence-electron chi connectivity index (χ3n) is 5.69. The molecule has 3 N–H and O–H groups in total. The monoisotopic (exact) mass is 437 g/mol. The smallest absolute Gasteiger partial charge is 0.254 e. The normalized spacial score (nSPS) is 16.6. The van der Waals surface area contributed by atoms with Gasteiger partial charge >= 0.3 is 0 Å². The first kappa shape index (κ1) is 21.2. The van der Waals surface area contributed by atoms with E-state index >= 15 is 0 Å². The number of benzene rings is 1. The van der Waals surface area contributed by atoms with E-state index in [0.29, 0.717) is 39.8 Å². The van der Waals surface area contributed by atoms with Crippen molar-refractivity contribution in [1.82, 2.24) is 5.32 Å². The van der Waals surface area contributed by atoms with E-state index in [-0.39, 0.29) is 17.3 Å². The molecule has 0 aliphatic carbocycles. The van der Waals surface area contributed by atoms with Crippen LogP contribution in [-0.2, 0) is 11.0 Å². The van der Waals surface area contributed by atoms with Crippen LogP contribution < -0.4 is 26.8 Å². The van der Waals surface area contributed by atoms with Crippen LogP contribution in [0.3, 0.4) is 0 Å². The largest absolute Gasteiger partial charge is 0.465 e. The molecule has 0 spiro atoms. The van der Waals surface area contributed by atoms with Crippen LogP contribution >= 0.6 is 11.6 Å². The molecule has 9 heteroatoms. The molecule has 7 nitrogen and oxygen atoms in total. The number of rotatable bonds is 6. The third kappa shape index (κ3) is 3.26. The lowest BCUT2D eigenvalue weighted by molar-refractivity contribution is 0.0941. The summed E-state index contributed by atoms with van der Waals surface area (Å²) < 4.78 is 5.64. The Morgan fingerprint density at radius 3 is 2.42 bits per heavy atom. The zero-order chi connectivity index (χ0) is 22.7. The predicted molar refractivity (Wildman–Crippen MR) is 121 cm³/mol. The summed E-state index contributed by atoms with van der Waals surface area (Å²) in [4.78, 5) is 37.3. The number of amides is 1. The van der Waals surface area contributed by atoms with Crippen LogP contribution in [0.2, 0.25) is 5.02 Å². The van der Waals surface area contributed by atoms with Gasteiger partial charge in [-0.25, -0.2) is 0 Å². The van der Waals surface area contributed by atoms with E-state index in [0.717, 1.165) is 0 Å². The van der Waals surface area contributed by atoms with E-state index in [1.807, 2.05) is 20.8 Å². The van der Waals surface area contributed by atoms with E-state index in [1.54, 1.807) is 31.2 Å². The lowest BCUT2D eigenvalue weighted by Crippen LogP contribution is -2.44. The Bertz CT molecular complexity index is 1290. The second-order valence-electron chi connectivity index (χ2n) is 8.32. The van der Waals surface area contributed by atoms with Crippen LogP contribution in [0, 0.1) is 6.92 Å². The summed E-state index contributed by atoms with van der Waals surface area (Å²) in [6.07, 6.45) is 0.394. The number of hydrogen-bond acceptors (Lipinski definition) is 6. The van der Waals surface area contributed by atoms with Crippen LogP contribution in [0.4, 0.5) is 17.1 Å². The van der Waals surface area contributed by atoms with Crippen LogP contribution in [0.1, 0.15) is 54.6 Å². The van der Waals surface area contributed by atoms with Gasteiger partial charge in [0.25, 0.3) is 16.8 Å². The van der Waals surface area contributed by atoms with E-state index in [4.69, 9.17) is 23.9 Å². The number of nitrogens with one attached hydrogen (secondary N) is 3. The van der Waals surface area contributed by atoms with Crippen LogP contribution in [0.5, 0.6) is 0 Å². The quantitative estimate of drug-likeness (QED) is 0.404. The molecule has 2 aromatic carbocycles. The van der Waals surface area contributed by atoms with Crippen molar-refractivity contribution in [2.75, 3.05) is 10.6 Å². The summed E-state index contributed by atoms with van der Waals surface area (Å²) in [5, 5.41) is 9.23.